The summed E-state index contributed by atoms with van der Waals surface area (Å²) in [6, 6.07) is 15.2. The highest BCUT2D eigenvalue weighted by Gasteiger charge is 2.30. The molecule has 40 heavy (non-hydrogen) atoms. The molecule has 0 aromatic heterocycles. The van der Waals surface area contributed by atoms with Gasteiger partial charge in [-0.2, -0.15) is 0 Å². The Labute approximate surface area is 241 Å². The SMILES string of the molecule is CCCCCCCOc1ccc(NC(=O)C2CCC(C(=O)Nc3ccc(OCCCCCCC)cc3)CC2)cc1. The zero-order chi connectivity index (χ0) is 28.4. The van der Waals surface area contributed by atoms with Crippen LogP contribution >= 0.6 is 0 Å². The first-order valence-corrected chi connectivity index (χ1v) is 15.7. The monoisotopic (exact) mass is 550 g/mol. The van der Waals surface area contributed by atoms with E-state index in [-0.39, 0.29) is 23.7 Å². The molecule has 3 rings (SSSR count). The highest BCUT2D eigenvalue weighted by Crippen LogP contribution is 2.31. The largest absolute Gasteiger partial charge is 0.494 e. The summed E-state index contributed by atoms with van der Waals surface area (Å²) in [6.45, 7) is 5.89. The number of hydrogen-bond acceptors (Lipinski definition) is 4. The van der Waals surface area contributed by atoms with Crippen LogP contribution in [0.3, 0.4) is 0 Å². The maximum Gasteiger partial charge on any atom is 0.227 e. The molecular weight excluding hydrogens is 500 g/mol. The Kier molecular flexibility index (Phi) is 14.5. The highest BCUT2D eigenvalue weighted by atomic mass is 16.5. The summed E-state index contributed by atoms with van der Waals surface area (Å²) in [5.41, 5.74) is 1.56. The van der Waals surface area contributed by atoms with E-state index in [2.05, 4.69) is 24.5 Å². The second-order valence-corrected chi connectivity index (χ2v) is 11.1. The predicted molar refractivity (Wildman–Crippen MR) is 164 cm³/mol. The Morgan fingerprint density at radius 3 is 1.27 bits per heavy atom. The van der Waals surface area contributed by atoms with E-state index in [4.69, 9.17) is 9.47 Å². The average Bonchev–Trinajstić information content (AvgIpc) is 2.98. The normalized spacial score (nSPS) is 16.8. The van der Waals surface area contributed by atoms with Gasteiger partial charge in [-0.3, -0.25) is 9.59 Å². The molecule has 220 valence electrons. The van der Waals surface area contributed by atoms with Crippen molar-refractivity contribution in [3.8, 4) is 11.5 Å². The molecule has 0 aliphatic heterocycles. The van der Waals surface area contributed by atoms with E-state index in [9.17, 15) is 9.59 Å². The lowest BCUT2D eigenvalue weighted by molar-refractivity contribution is -0.125. The minimum atomic E-state index is -0.0681. The molecule has 6 nitrogen and oxygen atoms in total. The van der Waals surface area contributed by atoms with Gasteiger partial charge in [0.25, 0.3) is 0 Å². The van der Waals surface area contributed by atoms with Crippen LogP contribution in [0.4, 0.5) is 11.4 Å². The molecule has 6 heteroatoms. The Morgan fingerprint density at radius 2 is 0.925 bits per heavy atom. The van der Waals surface area contributed by atoms with Crippen LogP contribution in [0.1, 0.15) is 104 Å². The van der Waals surface area contributed by atoms with Crippen LogP contribution in [-0.2, 0) is 9.59 Å². The summed E-state index contributed by atoms with van der Waals surface area (Å²) in [6.07, 6.45) is 15.0. The van der Waals surface area contributed by atoms with Crippen molar-refractivity contribution in [3.63, 3.8) is 0 Å². The number of amides is 2. The Morgan fingerprint density at radius 1 is 0.575 bits per heavy atom. The van der Waals surface area contributed by atoms with Gasteiger partial charge in [0.1, 0.15) is 11.5 Å². The average molecular weight is 551 g/mol. The summed E-state index contributed by atoms with van der Waals surface area (Å²) < 4.78 is 11.6. The van der Waals surface area contributed by atoms with E-state index < -0.39 is 0 Å². The van der Waals surface area contributed by atoms with Gasteiger partial charge in [-0.05, 0) is 87.1 Å². The van der Waals surface area contributed by atoms with Gasteiger partial charge in [0.05, 0.1) is 13.2 Å². The highest BCUT2D eigenvalue weighted by molar-refractivity contribution is 5.94. The van der Waals surface area contributed by atoms with Gasteiger partial charge in [0.2, 0.25) is 11.8 Å². The van der Waals surface area contributed by atoms with E-state index in [0.717, 1.165) is 48.9 Å². The van der Waals surface area contributed by atoms with Crippen LogP contribution in [0.5, 0.6) is 11.5 Å². The third kappa shape index (κ3) is 11.6. The maximum absolute atomic E-state index is 12.8. The van der Waals surface area contributed by atoms with Gasteiger partial charge >= 0.3 is 0 Å². The second-order valence-electron chi connectivity index (χ2n) is 11.1. The summed E-state index contributed by atoms with van der Waals surface area (Å²) >= 11 is 0. The van der Waals surface area contributed by atoms with Gasteiger partial charge in [-0.25, -0.2) is 0 Å². The zero-order valence-electron chi connectivity index (χ0n) is 24.7. The topological polar surface area (TPSA) is 76.7 Å². The van der Waals surface area contributed by atoms with E-state index in [1.807, 2.05) is 48.5 Å². The first kappa shape index (κ1) is 31.5. The van der Waals surface area contributed by atoms with Gasteiger partial charge in [-0.15, -0.1) is 0 Å². The van der Waals surface area contributed by atoms with Gasteiger partial charge in [0.15, 0.2) is 0 Å². The van der Waals surface area contributed by atoms with Crippen LogP contribution in [0, 0.1) is 11.8 Å². The van der Waals surface area contributed by atoms with Crippen LogP contribution < -0.4 is 20.1 Å². The minimum absolute atomic E-state index is 0.0319. The molecule has 0 bridgehead atoms. The van der Waals surface area contributed by atoms with Crippen molar-refractivity contribution >= 4 is 23.2 Å². The molecular formula is C34H50N2O4. The fraction of sp³-hybridized carbons (Fsp3) is 0.588. The number of rotatable bonds is 18. The lowest BCUT2D eigenvalue weighted by atomic mass is 9.81. The van der Waals surface area contributed by atoms with Gasteiger partial charge in [-0.1, -0.05) is 65.2 Å². The number of anilines is 2. The number of ether oxygens (including phenoxy) is 2. The molecule has 0 heterocycles. The molecule has 2 amide bonds. The lowest BCUT2D eigenvalue weighted by Gasteiger charge is -2.27. The fourth-order valence-electron chi connectivity index (χ4n) is 5.17. The fourth-order valence-corrected chi connectivity index (χ4v) is 5.17. The van der Waals surface area contributed by atoms with Crippen molar-refractivity contribution in [1.29, 1.82) is 0 Å². The van der Waals surface area contributed by atoms with Crippen molar-refractivity contribution in [1.82, 2.24) is 0 Å². The molecule has 0 saturated heterocycles. The summed E-state index contributed by atoms with van der Waals surface area (Å²) in [5.74, 6) is 1.59. The number of carbonyl (C=O) groups excluding carboxylic acids is 2. The van der Waals surface area contributed by atoms with Gasteiger partial charge < -0.3 is 20.1 Å². The van der Waals surface area contributed by atoms with Crippen molar-refractivity contribution in [2.75, 3.05) is 23.8 Å². The van der Waals surface area contributed by atoms with Crippen LogP contribution in [-0.4, -0.2) is 25.0 Å². The first-order valence-electron chi connectivity index (χ1n) is 15.7. The van der Waals surface area contributed by atoms with Crippen molar-refractivity contribution in [2.45, 2.75) is 104 Å². The molecule has 1 saturated carbocycles. The minimum Gasteiger partial charge on any atom is -0.494 e. The third-order valence-corrected chi connectivity index (χ3v) is 7.75. The van der Waals surface area contributed by atoms with E-state index in [1.165, 1.54) is 51.4 Å². The molecule has 0 radical (unpaired) electrons. The zero-order valence-corrected chi connectivity index (χ0v) is 24.7. The smallest absolute Gasteiger partial charge is 0.227 e. The summed E-state index contributed by atoms with van der Waals surface area (Å²) in [7, 11) is 0. The number of carbonyl (C=O) groups is 2. The second kappa shape index (κ2) is 18.4. The van der Waals surface area contributed by atoms with Crippen molar-refractivity contribution in [3.05, 3.63) is 48.5 Å². The molecule has 0 unspecified atom stereocenters. The maximum atomic E-state index is 12.8. The van der Waals surface area contributed by atoms with Crippen LogP contribution in [0.15, 0.2) is 48.5 Å². The molecule has 0 spiro atoms. The lowest BCUT2D eigenvalue weighted by Crippen LogP contribution is -2.32. The van der Waals surface area contributed by atoms with Crippen LogP contribution in [0.2, 0.25) is 0 Å². The van der Waals surface area contributed by atoms with E-state index >= 15 is 0 Å². The molecule has 2 N–H and O–H groups in total. The van der Waals surface area contributed by atoms with Gasteiger partial charge in [0, 0.05) is 23.2 Å². The third-order valence-electron chi connectivity index (χ3n) is 7.75. The summed E-state index contributed by atoms with van der Waals surface area (Å²) in [5, 5.41) is 6.08. The number of unbranched alkanes of at least 4 members (excludes halogenated alkanes) is 8. The standard InChI is InChI=1S/C34H50N2O4/c1-3-5-7-9-11-25-39-31-21-17-29(18-22-31)35-33(37)27-13-15-28(16-14-27)34(38)36-30-19-23-32(24-20-30)40-26-12-10-8-6-4-2/h17-24,27-28H,3-16,25-26H2,1-2H3,(H,35,37)(H,36,38). The number of nitrogens with one attached hydrogen (secondary N) is 2. The van der Waals surface area contributed by atoms with Crippen molar-refractivity contribution < 1.29 is 19.1 Å². The van der Waals surface area contributed by atoms with E-state index in [0.29, 0.717) is 25.7 Å². The number of hydrogen-bond donors (Lipinski definition) is 2. The summed E-state index contributed by atoms with van der Waals surface area (Å²) in [4.78, 5) is 25.7. The first-order chi connectivity index (χ1) is 19.6. The van der Waals surface area contributed by atoms with Crippen LogP contribution in [0.25, 0.3) is 0 Å². The quantitative estimate of drug-likeness (QED) is 0.182. The Hall–Kier alpha value is -3.02. The molecule has 1 aliphatic rings. The van der Waals surface area contributed by atoms with E-state index in [1.54, 1.807) is 0 Å². The molecule has 2 aromatic carbocycles. The Balaban J connectivity index is 1.32. The molecule has 1 aliphatic carbocycles. The predicted octanol–water partition coefficient (Wildman–Crippen LogP) is 8.77. The Bertz CT molecular complexity index is 901. The van der Waals surface area contributed by atoms with Crippen molar-refractivity contribution in [2.24, 2.45) is 11.8 Å². The molecule has 0 atom stereocenters. The molecule has 2 aromatic rings. The number of benzene rings is 2. The molecule has 1 fully saturated rings.